The summed E-state index contributed by atoms with van der Waals surface area (Å²) in [6.07, 6.45) is -1.11. The Labute approximate surface area is 184 Å². The van der Waals surface area contributed by atoms with Crippen LogP contribution in [0.4, 0.5) is 18.9 Å². The molecule has 1 aromatic rings. The van der Waals surface area contributed by atoms with Gasteiger partial charge in [0.05, 0.1) is 30.4 Å². The van der Waals surface area contributed by atoms with Crippen LogP contribution in [-0.2, 0) is 17.5 Å². The number of alkyl halides is 4. The molecule has 0 saturated heterocycles. The van der Waals surface area contributed by atoms with Crippen LogP contribution < -0.4 is 11.1 Å². The Hall–Kier alpha value is -2.55. The van der Waals surface area contributed by atoms with Crippen LogP contribution in [0.2, 0.25) is 0 Å². The third-order valence-corrected chi connectivity index (χ3v) is 5.69. The van der Waals surface area contributed by atoms with Crippen LogP contribution in [0.3, 0.4) is 0 Å². The molecule has 0 atom stereocenters. The lowest BCUT2D eigenvalue weighted by Crippen LogP contribution is -2.45. The predicted molar refractivity (Wildman–Crippen MR) is 116 cm³/mol. The van der Waals surface area contributed by atoms with Crippen molar-refractivity contribution in [2.45, 2.75) is 38.4 Å². The smallest absolute Gasteiger partial charge is 0.399 e. The minimum Gasteiger partial charge on any atom is -0.399 e. The lowest BCUT2D eigenvalue weighted by Gasteiger charge is -2.35. The molecule has 1 saturated carbocycles. The zero-order chi connectivity index (χ0) is 22.6. The van der Waals surface area contributed by atoms with Gasteiger partial charge >= 0.3 is 6.18 Å². The van der Waals surface area contributed by atoms with Crippen molar-refractivity contribution >= 4 is 35.7 Å². The number of nitrogen functional groups attached to an aromatic ring is 1. The van der Waals surface area contributed by atoms with Crippen LogP contribution in [0, 0.1) is 5.92 Å². The number of nitrogens with one attached hydrogen (secondary N) is 1. The lowest BCUT2D eigenvalue weighted by atomic mass is 9.84. The maximum absolute atomic E-state index is 13.1. The number of carbonyl (C=O) groups is 1. The number of hydrogen-bond acceptors (Lipinski definition) is 4. The molecule has 6 nitrogen and oxygen atoms in total. The van der Waals surface area contributed by atoms with Crippen LogP contribution >= 0.6 is 11.6 Å². The maximum atomic E-state index is 13.1. The fourth-order valence-electron chi connectivity index (χ4n) is 3.71. The average Bonchev–Trinajstić information content (AvgIpc) is 2.68. The Morgan fingerprint density at radius 1 is 1.32 bits per heavy atom. The van der Waals surface area contributed by atoms with Gasteiger partial charge in [0.2, 0.25) is 5.91 Å². The molecule has 1 aromatic carbocycles. The predicted octanol–water partition coefficient (Wildman–Crippen LogP) is 3.96. The summed E-state index contributed by atoms with van der Waals surface area (Å²) in [6.45, 7) is 4.42. The summed E-state index contributed by atoms with van der Waals surface area (Å²) < 4.78 is 39.3. The maximum Gasteiger partial charge on any atom is 0.416 e. The van der Waals surface area contributed by atoms with Crippen molar-refractivity contribution in [2.24, 2.45) is 15.9 Å². The average molecular weight is 456 g/mol. The third-order valence-electron chi connectivity index (χ3n) is 5.56. The molecule has 0 bridgehead atoms. The molecule has 3 N–H and O–H groups in total. The monoisotopic (exact) mass is 455 g/mol. The van der Waals surface area contributed by atoms with Gasteiger partial charge in [0.1, 0.15) is 5.84 Å². The quantitative estimate of drug-likeness (QED) is 0.224. The summed E-state index contributed by atoms with van der Waals surface area (Å²) in [6, 6.07) is 3.39. The highest BCUT2D eigenvalue weighted by Gasteiger charge is 2.33. The fraction of sp³-hybridized carbons (Fsp3) is 0.476. The molecule has 1 aliphatic heterocycles. The van der Waals surface area contributed by atoms with E-state index in [-0.39, 0.29) is 30.1 Å². The second-order valence-electron chi connectivity index (χ2n) is 7.66. The summed E-state index contributed by atoms with van der Waals surface area (Å²) in [5.74, 6) is 0.566. The molecule has 2 aliphatic rings. The molecule has 0 spiro atoms. The second-order valence-corrected chi connectivity index (χ2v) is 7.92. The number of hydrogen-bond donors (Lipinski definition) is 2. The molecule has 0 unspecified atom stereocenters. The number of anilines is 1. The fourth-order valence-corrected chi connectivity index (χ4v) is 3.83. The van der Waals surface area contributed by atoms with Crippen LogP contribution in [-0.4, -0.2) is 42.5 Å². The van der Waals surface area contributed by atoms with Gasteiger partial charge in [-0.2, -0.15) is 13.2 Å². The number of amidine groups is 1. The first-order valence-corrected chi connectivity index (χ1v) is 10.5. The van der Waals surface area contributed by atoms with E-state index in [0.29, 0.717) is 42.2 Å². The minimum atomic E-state index is -4.50. The van der Waals surface area contributed by atoms with E-state index in [9.17, 15) is 18.0 Å². The first-order chi connectivity index (χ1) is 14.7. The van der Waals surface area contributed by atoms with Crippen molar-refractivity contribution in [1.82, 2.24) is 10.2 Å². The van der Waals surface area contributed by atoms with Gasteiger partial charge in [-0.3, -0.25) is 14.8 Å². The highest BCUT2D eigenvalue weighted by molar-refractivity contribution is 6.19. The van der Waals surface area contributed by atoms with Crippen LogP contribution in [0.25, 0.3) is 0 Å². The van der Waals surface area contributed by atoms with Crippen LogP contribution in [0.1, 0.15) is 36.8 Å². The molecule has 0 radical (unpaired) electrons. The number of aliphatic imine (C=N–C) groups is 2. The number of nitrogens with zero attached hydrogens (tertiary/aromatic N) is 3. The minimum absolute atomic E-state index is 0.00878. The summed E-state index contributed by atoms with van der Waals surface area (Å²) in [4.78, 5) is 23.0. The van der Waals surface area contributed by atoms with Gasteiger partial charge in [-0.15, -0.1) is 11.6 Å². The van der Waals surface area contributed by atoms with Crippen LogP contribution in [0.15, 0.2) is 39.5 Å². The number of benzene rings is 1. The molecule has 31 heavy (non-hydrogen) atoms. The molecule has 10 heteroatoms. The molecule has 3 rings (SSSR count). The van der Waals surface area contributed by atoms with E-state index in [4.69, 9.17) is 17.3 Å². The highest BCUT2D eigenvalue weighted by atomic mass is 35.5. The van der Waals surface area contributed by atoms with Gasteiger partial charge in [-0.05, 0) is 43.3 Å². The molecule has 0 aromatic heterocycles. The van der Waals surface area contributed by atoms with Crippen molar-refractivity contribution in [1.29, 1.82) is 0 Å². The van der Waals surface area contributed by atoms with Crippen LogP contribution in [0.5, 0.6) is 0 Å². The topological polar surface area (TPSA) is 83.1 Å². The van der Waals surface area contributed by atoms with Gasteiger partial charge in [-0.25, -0.2) is 0 Å². The molecule has 1 aliphatic carbocycles. The van der Waals surface area contributed by atoms with Gasteiger partial charge in [0.15, 0.2) is 0 Å². The zero-order valence-corrected chi connectivity index (χ0v) is 17.8. The summed E-state index contributed by atoms with van der Waals surface area (Å²) in [5.41, 5.74) is 6.51. The number of rotatable bonds is 6. The lowest BCUT2D eigenvalue weighted by molar-refractivity contribution is -0.138. The number of nitrogens with two attached hydrogens (primary N) is 1. The van der Waals surface area contributed by atoms with Gasteiger partial charge in [0, 0.05) is 30.1 Å². The zero-order valence-electron chi connectivity index (χ0n) is 17.0. The highest BCUT2D eigenvalue weighted by Crippen LogP contribution is 2.32. The summed E-state index contributed by atoms with van der Waals surface area (Å²) in [7, 11) is 0. The third kappa shape index (κ3) is 5.58. The van der Waals surface area contributed by atoms with Crippen molar-refractivity contribution < 1.29 is 18.0 Å². The molecule has 1 fully saturated rings. The van der Waals surface area contributed by atoms with Gasteiger partial charge < -0.3 is 16.0 Å². The number of amides is 1. The van der Waals surface area contributed by atoms with E-state index >= 15 is 0 Å². The Morgan fingerprint density at radius 2 is 2.06 bits per heavy atom. The molecule has 1 heterocycles. The molecular formula is C21H25ClF3N5O. The molecular weight excluding hydrogens is 431 g/mol. The Balaban J connectivity index is 1.86. The van der Waals surface area contributed by atoms with E-state index in [2.05, 4.69) is 22.0 Å². The van der Waals surface area contributed by atoms with E-state index in [1.54, 1.807) is 4.90 Å². The van der Waals surface area contributed by atoms with Crippen molar-refractivity contribution in [2.75, 3.05) is 24.8 Å². The van der Waals surface area contributed by atoms with Crippen molar-refractivity contribution in [3.63, 3.8) is 0 Å². The molecule has 168 valence electrons. The van der Waals surface area contributed by atoms with E-state index < -0.39 is 11.7 Å². The van der Waals surface area contributed by atoms with E-state index in [0.717, 1.165) is 31.4 Å². The largest absolute Gasteiger partial charge is 0.416 e. The summed E-state index contributed by atoms with van der Waals surface area (Å²) >= 11 is 5.87. The standard InChI is InChI=1S/C21H25ClF3N5O/c1-27-18-5-6-30(20(31)14-3-2-4-14)11-17(18)19(29-12-22)28-10-13-7-15(21(23,24)25)9-16(26)8-13/h7-9,14H,1-6,10-12,26H2,(H,28,29). The number of halogens is 4. The Bertz CT molecular complexity index is 909. The Kier molecular flexibility index (Phi) is 7.25. The number of carbonyl (C=O) groups excluding carboxylic acids is 1. The second kappa shape index (κ2) is 9.72. The molecule has 1 amide bonds. The SMILES string of the molecule is C=NC1=C(C(=NCc2cc(N)cc(C(F)(F)F)c2)NCCl)CN(C(=O)C2CCC2)CC1. The normalized spacial score (nSPS) is 18.1. The van der Waals surface area contributed by atoms with Gasteiger partial charge in [0.25, 0.3) is 0 Å². The Morgan fingerprint density at radius 3 is 2.65 bits per heavy atom. The van der Waals surface area contributed by atoms with Crippen molar-refractivity contribution in [3.05, 3.63) is 40.6 Å². The first-order valence-electron chi connectivity index (χ1n) is 10.0. The first kappa shape index (κ1) is 23.1. The van der Waals surface area contributed by atoms with Crippen molar-refractivity contribution in [3.8, 4) is 0 Å². The van der Waals surface area contributed by atoms with Gasteiger partial charge in [-0.1, -0.05) is 6.42 Å². The van der Waals surface area contributed by atoms with E-state index in [1.165, 1.54) is 6.07 Å². The van der Waals surface area contributed by atoms with E-state index in [1.807, 2.05) is 0 Å². The summed E-state index contributed by atoms with van der Waals surface area (Å²) in [5, 5.41) is 2.94.